The molecule has 0 nitrogen and oxygen atoms in total. The van der Waals surface area contributed by atoms with Crippen molar-refractivity contribution in [1.29, 1.82) is 0 Å². The van der Waals surface area contributed by atoms with Gasteiger partial charge in [-0.25, -0.2) is 0 Å². The first-order chi connectivity index (χ1) is 10.1. The zero-order valence-electron chi connectivity index (χ0n) is 15.9. The van der Waals surface area contributed by atoms with Crippen molar-refractivity contribution in [3.63, 3.8) is 0 Å². The molecule has 22 heavy (non-hydrogen) atoms. The minimum atomic E-state index is 0.136. The van der Waals surface area contributed by atoms with E-state index in [-0.39, 0.29) is 5.41 Å². The molecule has 1 aromatic carbocycles. The van der Waals surface area contributed by atoms with Crippen LogP contribution in [0.4, 0.5) is 0 Å². The van der Waals surface area contributed by atoms with E-state index in [0.717, 1.165) is 0 Å². The molecule has 0 fully saturated rings. The van der Waals surface area contributed by atoms with Gasteiger partial charge in [0.1, 0.15) is 0 Å². The lowest BCUT2D eigenvalue weighted by atomic mass is 9.75. The van der Waals surface area contributed by atoms with Crippen LogP contribution < -0.4 is 0 Å². The first-order valence-electron chi connectivity index (χ1n) is 8.62. The Morgan fingerprint density at radius 2 is 1.41 bits per heavy atom. The molecule has 2 rings (SSSR count). The van der Waals surface area contributed by atoms with Crippen molar-refractivity contribution in [2.75, 3.05) is 0 Å². The van der Waals surface area contributed by atoms with Crippen LogP contribution >= 0.6 is 0 Å². The molecule has 0 spiro atoms. The standard InChI is InChI=1S/C22H32/c1-13(2)18-10-11-19(20(12-18)14(3)4)21-16(6)15(5)17(7)22(21,8)9/h10-14H,1-9H3. The van der Waals surface area contributed by atoms with E-state index in [2.05, 4.69) is 80.5 Å². The summed E-state index contributed by atoms with van der Waals surface area (Å²) in [7, 11) is 0. The summed E-state index contributed by atoms with van der Waals surface area (Å²) in [5, 5.41) is 0. The Hall–Kier alpha value is -1.30. The molecule has 0 unspecified atom stereocenters. The molecule has 0 bridgehead atoms. The fourth-order valence-corrected chi connectivity index (χ4v) is 3.78. The van der Waals surface area contributed by atoms with Crippen molar-refractivity contribution in [2.24, 2.45) is 5.41 Å². The molecule has 0 heteroatoms. The number of benzene rings is 1. The van der Waals surface area contributed by atoms with Crippen LogP contribution in [-0.2, 0) is 0 Å². The highest BCUT2D eigenvalue weighted by Crippen LogP contribution is 2.52. The molecular formula is C22H32. The van der Waals surface area contributed by atoms with Crippen LogP contribution in [0.25, 0.3) is 5.57 Å². The highest BCUT2D eigenvalue weighted by Gasteiger charge is 2.36. The van der Waals surface area contributed by atoms with Crippen molar-refractivity contribution in [3.8, 4) is 0 Å². The Morgan fingerprint density at radius 3 is 1.82 bits per heavy atom. The second-order valence-electron chi connectivity index (χ2n) is 8.03. The summed E-state index contributed by atoms with van der Waals surface area (Å²) in [6.07, 6.45) is 0. The number of allylic oxidation sites excluding steroid dienone is 4. The number of rotatable bonds is 3. The molecule has 1 aliphatic carbocycles. The van der Waals surface area contributed by atoms with Gasteiger partial charge in [0.15, 0.2) is 0 Å². The normalized spacial score (nSPS) is 18.1. The summed E-state index contributed by atoms with van der Waals surface area (Å²) >= 11 is 0. The fraction of sp³-hybridized carbons (Fsp3) is 0.545. The largest absolute Gasteiger partial charge is 0.0600 e. The molecule has 0 saturated heterocycles. The van der Waals surface area contributed by atoms with Gasteiger partial charge in [-0.2, -0.15) is 0 Å². The first-order valence-corrected chi connectivity index (χ1v) is 8.62. The van der Waals surface area contributed by atoms with Crippen molar-refractivity contribution in [3.05, 3.63) is 51.6 Å². The third kappa shape index (κ3) is 2.57. The summed E-state index contributed by atoms with van der Waals surface area (Å²) in [6, 6.07) is 7.13. The van der Waals surface area contributed by atoms with Gasteiger partial charge in [-0.1, -0.05) is 65.3 Å². The SMILES string of the molecule is CC1=C(C)C(C)(C)C(c2ccc(C(C)C)cc2C(C)C)=C1C. The predicted molar refractivity (Wildman–Crippen MR) is 99.4 cm³/mol. The molecule has 0 N–H and O–H groups in total. The highest BCUT2D eigenvalue weighted by atomic mass is 14.4. The van der Waals surface area contributed by atoms with Crippen molar-refractivity contribution in [2.45, 2.75) is 74.1 Å². The van der Waals surface area contributed by atoms with E-state index in [9.17, 15) is 0 Å². The molecule has 0 radical (unpaired) electrons. The number of hydrogen-bond acceptors (Lipinski definition) is 0. The molecule has 0 heterocycles. The smallest absolute Gasteiger partial charge is 0.0117 e. The lowest BCUT2D eigenvalue weighted by molar-refractivity contribution is 0.607. The second-order valence-corrected chi connectivity index (χ2v) is 8.03. The lowest BCUT2D eigenvalue weighted by Crippen LogP contribution is -2.14. The molecule has 0 aromatic heterocycles. The Kier molecular flexibility index (Phi) is 4.44. The maximum atomic E-state index is 2.43. The van der Waals surface area contributed by atoms with Crippen LogP contribution in [0, 0.1) is 5.41 Å². The van der Waals surface area contributed by atoms with Gasteiger partial charge in [-0.3, -0.25) is 0 Å². The van der Waals surface area contributed by atoms with Crippen LogP contribution in [-0.4, -0.2) is 0 Å². The van der Waals surface area contributed by atoms with Gasteiger partial charge in [-0.15, -0.1) is 0 Å². The summed E-state index contributed by atoms with van der Waals surface area (Å²) in [5.41, 5.74) is 10.5. The Labute approximate surface area is 137 Å². The van der Waals surface area contributed by atoms with Gasteiger partial charge >= 0.3 is 0 Å². The molecular weight excluding hydrogens is 264 g/mol. The minimum absolute atomic E-state index is 0.136. The van der Waals surface area contributed by atoms with Crippen molar-refractivity contribution in [1.82, 2.24) is 0 Å². The van der Waals surface area contributed by atoms with Crippen LogP contribution in [0.5, 0.6) is 0 Å². The van der Waals surface area contributed by atoms with Crippen molar-refractivity contribution >= 4 is 5.57 Å². The van der Waals surface area contributed by atoms with Crippen LogP contribution in [0.2, 0.25) is 0 Å². The Balaban J connectivity index is 2.69. The average molecular weight is 296 g/mol. The summed E-state index contributed by atoms with van der Waals surface area (Å²) in [5.74, 6) is 1.13. The van der Waals surface area contributed by atoms with E-state index < -0.39 is 0 Å². The van der Waals surface area contributed by atoms with E-state index in [1.54, 1.807) is 0 Å². The van der Waals surface area contributed by atoms with Gasteiger partial charge in [-0.05, 0) is 66.0 Å². The van der Waals surface area contributed by atoms with Crippen LogP contribution in [0.3, 0.4) is 0 Å². The minimum Gasteiger partial charge on any atom is -0.0600 e. The van der Waals surface area contributed by atoms with E-state index in [1.165, 1.54) is 39.0 Å². The fourth-order valence-electron chi connectivity index (χ4n) is 3.78. The summed E-state index contributed by atoms with van der Waals surface area (Å²) in [6.45, 7) is 20.8. The predicted octanol–water partition coefficient (Wildman–Crippen LogP) is 7.08. The molecule has 0 saturated carbocycles. The molecule has 120 valence electrons. The number of hydrogen-bond donors (Lipinski definition) is 0. The first kappa shape index (κ1) is 17.1. The van der Waals surface area contributed by atoms with E-state index in [0.29, 0.717) is 11.8 Å². The molecule has 0 amide bonds. The zero-order chi connectivity index (χ0) is 16.8. The average Bonchev–Trinajstić information content (AvgIpc) is 2.58. The van der Waals surface area contributed by atoms with Crippen LogP contribution in [0.1, 0.15) is 90.8 Å². The van der Waals surface area contributed by atoms with Crippen LogP contribution in [0.15, 0.2) is 34.9 Å². The maximum absolute atomic E-state index is 2.43. The monoisotopic (exact) mass is 296 g/mol. The van der Waals surface area contributed by atoms with E-state index in [4.69, 9.17) is 0 Å². The quantitative estimate of drug-likeness (QED) is 0.559. The Bertz CT molecular complexity index is 649. The summed E-state index contributed by atoms with van der Waals surface area (Å²) < 4.78 is 0. The molecule has 1 aliphatic rings. The van der Waals surface area contributed by atoms with Gasteiger partial charge in [0.05, 0.1) is 0 Å². The summed E-state index contributed by atoms with van der Waals surface area (Å²) in [4.78, 5) is 0. The zero-order valence-corrected chi connectivity index (χ0v) is 15.9. The van der Waals surface area contributed by atoms with E-state index >= 15 is 0 Å². The maximum Gasteiger partial charge on any atom is 0.0117 e. The lowest BCUT2D eigenvalue weighted by Gasteiger charge is -2.29. The van der Waals surface area contributed by atoms with Gasteiger partial charge in [0.2, 0.25) is 0 Å². The van der Waals surface area contributed by atoms with Gasteiger partial charge in [0.25, 0.3) is 0 Å². The van der Waals surface area contributed by atoms with E-state index in [1.807, 2.05) is 0 Å². The molecule has 0 atom stereocenters. The second kappa shape index (κ2) is 5.72. The third-order valence-electron chi connectivity index (χ3n) is 5.70. The molecule has 0 aliphatic heterocycles. The topological polar surface area (TPSA) is 0 Å². The molecule has 1 aromatic rings. The third-order valence-corrected chi connectivity index (χ3v) is 5.70. The van der Waals surface area contributed by atoms with Gasteiger partial charge < -0.3 is 0 Å². The van der Waals surface area contributed by atoms with Crippen molar-refractivity contribution < 1.29 is 0 Å². The van der Waals surface area contributed by atoms with Gasteiger partial charge in [0, 0.05) is 5.41 Å². The highest BCUT2D eigenvalue weighted by molar-refractivity contribution is 5.84. The Morgan fingerprint density at radius 1 is 0.818 bits per heavy atom.